The van der Waals surface area contributed by atoms with E-state index in [-0.39, 0.29) is 6.54 Å². The van der Waals surface area contributed by atoms with Crippen LogP contribution in [0.25, 0.3) is 16.6 Å². The highest BCUT2D eigenvalue weighted by Gasteiger charge is 2.29. The van der Waals surface area contributed by atoms with Crippen molar-refractivity contribution in [1.82, 2.24) is 30.6 Å². The monoisotopic (exact) mass is 617 g/mol. The number of carbonyl (C=O) groups excluding carboxylic acids is 2. The molecule has 0 spiro atoms. The Bertz CT molecular complexity index is 1950. The van der Waals surface area contributed by atoms with Gasteiger partial charge in [-0.15, -0.1) is 5.10 Å². The second-order valence-corrected chi connectivity index (χ2v) is 10.6. The van der Waals surface area contributed by atoms with Crippen LogP contribution in [0.4, 0.5) is 11.4 Å². The van der Waals surface area contributed by atoms with Gasteiger partial charge in [0.1, 0.15) is 5.69 Å². The molecule has 2 amide bonds. The summed E-state index contributed by atoms with van der Waals surface area (Å²) < 4.78 is 1.60. The second-order valence-electron chi connectivity index (χ2n) is 10.2. The van der Waals surface area contributed by atoms with E-state index < -0.39 is 24.0 Å². The Morgan fingerprint density at radius 1 is 0.867 bits per heavy atom. The number of rotatable bonds is 10. The number of hydrogen-bond donors (Lipinski definition) is 4. The molecule has 4 N–H and O–H groups in total. The first-order valence-electron chi connectivity index (χ1n) is 14.1. The van der Waals surface area contributed by atoms with Gasteiger partial charge >= 0.3 is 0 Å². The van der Waals surface area contributed by atoms with Gasteiger partial charge in [0, 0.05) is 27.9 Å². The molecule has 2 aromatic heterocycles. The number of aliphatic hydroxyl groups is 1. The number of nitrogens with one attached hydrogen (secondary N) is 3. The molecule has 2 heterocycles. The smallest absolute Gasteiger partial charge is 0.251 e. The maximum atomic E-state index is 13.1. The van der Waals surface area contributed by atoms with E-state index in [1.165, 1.54) is 0 Å². The molecule has 6 aromatic rings. The number of para-hydroxylation sites is 2. The number of benzene rings is 4. The molecule has 4 aromatic carbocycles. The zero-order valence-corrected chi connectivity index (χ0v) is 24.6. The summed E-state index contributed by atoms with van der Waals surface area (Å²) in [6.07, 6.45) is 1.85. The molecule has 11 heteroatoms. The quantitative estimate of drug-likeness (QED) is 0.163. The Morgan fingerprint density at radius 2 is 1.60 bits per heavy atom. The van der Waals surface area contributed by atoms with Crippen molar-refractivity contribution in [2.75, 3.05) is 5.32 Å². The van der Waals surface area contributed by atoms with Crippen molar-refractivity contribution in [3.8, 4) is 5.69 Å². The van der Waals surface area contributed by atoms with Crippen molar-refractivity contribution >= 4 is 45.7 Å². The first kappa shape index (κ1) is 29.5. The van der Waals surface area contributed by atoms with E-state index in [9.17, 15) is 14.7 Å². The summed E-state index contributed by atoms with van der Waals surface area (Å²) in [6.45, 7) is 0.00931. The number of aliphatic hydroxyl groups excluding tert-OH is 1. The number of pyridine rings is 1. The molecule has 45 heavy (non-hydrogen) atoms. The second kappa shape index (κ2) is 13.4. The molecule has 0 bridgehead atoms. The molecular formula is C34H28ClN7O3. The van der Waals surface area contributed by atoms with Gasteiger partial charge in [-0.05, 0) is 54.1 Å². The van der Waals surface area contributed by atoms with Crippen LogP contribution in [0.2, 0.25) is 5.02 Å². The van der Waals surface area contributed by atoms with Crippen molar-refractivity contribution in [2.24, 2.45) is 0 Å². The zero-order chi connectivity index (χ0) is 31.2. The van der Waals surface area contributed by atoms with Gasteiger partial charge in [0.25, 0.3) is 11.8 Å². The maximum absolute atomic E-state index is 13.1. The van der Waals surface area contributed by atoms with Crippen LogP contribution in [-0.4, -0.2) is 43.0 Å². The van der Waals surface area contributed by atoms with E-state index in [1.807, 2.05) is 54.6 Å². The molecule has 0 unspecified atom stereocenters. The van der Waals surface area contributed by atoms with E-state index in [0.717, 1.165) is 28.0 Å². The molecule has 0 saturated carbocycles. The van der Waals surface area contributed by atoms with E-state index in [4.69, 9.17) is 11.6 Å². The van der Waals surface area contributed by atoms with Crippen molar-refractivity contribution in [2.45, 2.75) is 18.7 Å². The van der Waals surface area contributed by atoms with Crippen molar-refractivity contribution in [3.05, 3.63) is 143 Å². The minimum absolute atomic E-state index is 0.00931. The molecule has 10 nitrogen and oxygen atoms in total. The van der Waals surface area contributed by atoms with Crippen LogP contribution in [0, 0.1) is 0 Å². The molecule has 0 fully saturated rings. The third-order valence-electron chi connectivity index (χ3n) is 7.18. The number of halogens is 1. The molecule has 224 valence electrons. The number of amides is 2. The van der Waals surface area contributed by atoms with Crippen LogP contribution in [0.1, 0.15) is 27.7 Å². The fraction of sp³-hybridized carbons (Fsp3) is 0.0882. The zero-order valence-electron chi connectivity index (χ0n) is 23.8. The van der Waals surface area contributed by atoms with Gasteiger partial charge in [-0.25, -0.2) is 4.68 Å². The minimum Gasteiger partial charge on any atom is -0.381 e. The summed E-state index contributed by atoms with van der Waals surface area (Å²) in [5.41, 5.74) is 4.59. The highest BCUT2D eigenvalue weighted by molar-refractivity contribution is 6.31. The lowest BCUT2D eigenvalue weighted by Gasteiger charge is -2.24. The summed E-state index contributed by atoms with van der Waals surface area (Å²) in [5, 5.41) is 30.0. The predicted molar refractivity (Wildman–Crippen MR) is 172 cm³/mol. The molecule has 0 aliphatic heterocycles. The first-order valence-corrected chi connectivity index (χ1v) is 14.5. The number of hydrogen-bond acceptors (Lipinski definition) is 7. The standard InChI is InChI=1S/C34H28ClN7O3/c35-24-15-16-26-27(17-18-36-29(26)19-24)38-28-13-7-8-14-30(28)42-21-25(40-41-42)20-37-34(45)32(43)31(22-9-3-1-4-10-22)39-33(44)23-11-5-2-6-12-23/h1-19,21,31-32,43H,20H2,(H,36,38)(H,37,45)(H,39,44)/t31-,32+/m1/s1. The maximum Gasteiger partial charge on any atom is 0.251 e. The van der Waals surface area contributed by atoms with Gasteiger partial charge in [0.15, 0.2) is 6.10 Å². The normalized spacial score (nSPS) is 12.3. The van der Waals surface area contributed by atoms with E-state index in [1.54, 1.807) is 71.7 Å². The number of anilines is 2. The molecule has 0 saturated heterocycles. The van der Waals surface area contributed by atoms with Crippen LogP contribution in [0.5, 0.6) is 0 Å². The molecule has 2 atom stereocenters. The van der Waals surface area contributed by atoms with Gasteiger partial charge < -0.3 is 21.1 Å². The molecule has 6 rings (SSSR count). The van der Waals surface area contributed by atoms with Gasteiger partial charge in [0.05, 0.1) is 35.7 Å². The SMILES string of the molecule is O=C(N[C@H](c1ccccc1)[C@H](O)C(=O)NCc1cn(-c2ccccc2Nc2ccnc3cc(Cl)ccc23)nn1)c1ccccc1. The minimum atomic E-state index is -1.56. The van der Waals surface area contributed by atoms with Gasteiger partial charge in [-0.3, -0.25) is 14.6 Å². The first-order chi connectivity index (χ1) is 22.0. The van der Waals surface area contributed by atoms with Crippen molar-refractivity contribution in [1.29, 1.82) is 0 Å². The summed E-state index contributed by atoms with van der Waals surface area (Å²) in [5.74, 6) is -1.08. The third kappa shape index (κ3) is 6.82. The summed E-state index contributed by atoms with van der Waals surface area (Å²) in [4.78, 5) is 30.4. The number of nitrogens with zero attached hydrogens (tertiary/aromatic N) is 4. The van der Waals surface area contributed by atoms with Gasteiger partial charge in [-0.2, -0.15) is 0 Å². The Labute approximate surface area is 263 Å². The van der Waals surface area contributed by atoms with Gasteiger partial charge in [0.2, 0.25) is 0 Å². The predicted octanol–water partition coefficient (Wildman–Crippen LogP) is 5.36. The van der Waals surface area contributed by atoms with E-state index in [2.05, 4.69) is 31.2 Å². The third-order valence-corrected chi connectivity index (χ3v) is 7.41. The van der Waals surface area contributed by atoms with Crippen LogP contribution in [0.15, 0.2) is 122 Å². The number of aromatic nitrogens is 4. The topological polar surface area (TPSA) is 134 Å². The highest BCUT2D eigenvalue weighted by Crippen LogP contribution is 2.29. The summed E-state index contributed by atoms with van der Waals surface area (Å²) in [6, 6.07) is 31.5. The van der Waals surface area contributed by atoms with Crippen LogP contribution < -0.4 is 16.0 Å². The summed E-state index contributed by atoms with van der Waals surface area (Å²) >= 11 is 6.15. The van der Waals surface area contributed by atoms with E-state index in [0.29, 0.717) is 21.8 Å². The Kier molecular flexibility index (Phi) is 8.77. The Morgan fingerprint density at radius 3 is 2.40 bits per heavy atom. The number of carbonyl (C=O) groups is 2. The fourth-order valence-electron chi connectivity index (χ4n) is 4.90. The average Bonchev–Trinajstić information content (AvgIpc) is 3.55. The van der Waals surface area contributed by atoms with Gasteiger partial charge in [-0.1, -0.05) is 77.5 Å². The molecule has 0 aliphatic rings. The Balaban J connectivity index is 1.16. The molecular weight excluding hydrogens is 590 g/mol. The summed E-state index contributed by atoms with van der Waals surface area (Å²) in [7, 11) is 0. The molecule has 0 aliphatic carbocycles. The lowest BCUT2D eigenvalue weighted by Crippen LogP contribution is -2.45. The largest absolute Gasteiger partial charge is 0.381 e. The highest BCUT2D eigenvalue weighted by atomic mass is 35.5. The van der Waals surface area contributed by atoms with Crippen LogP contribution in [0.3, 0.4) is 0 Å². The lowest BCUT2D eigenvalue weighted by molar-refractivity contribution is -0.130. The van der Waals surface area contributed by atoms with Crippen molar-refractivity contribution in [3.63, 3.8) is 0 Å². The van der Waals surface area contributed by atoms with E-state index >= 15 is 0 Å². The average molecular weight is 618 g/mol. The van der Waals surface area contributed by atoms with Crippen LogP contribution in [-0.2, 0) is 11.3 Å². The molecule has 0 radical (unpaired) electrons. The Hall–Kier alpha value is -5.58. The number of fused-ring (bicyclic) bond motifs is 1. The van der Waals surface area contributed by atoms with Crippen LogP contribution >= 0.6 is 11.6 Å². The fourth-order valence-corrected chi connectivity index (χ4v) is 5.07. The van der Waals surface area contributed by atoms with Crippen molar-refractivity contribution < 1.29 is 14.7 Å². The lowest BCUT2D eigenvalue weighted by atomic mass is 10.00.